The zero-order valence-corrected chi connectivity index (χ0v) is 3.60. The van der Waals surface area contributed by atoms with Crippen molar-refractivity contribution in [2.24, 2.45) is 4.99 Å². The maximum absolute atomic E-state index is 3.81. The fourth-order valence-corrected chi connectivity index (χ4v) is 0.297. The van der Waals surface area contributed by atoms with Gasteiger partial charge in [-0.3, -0.25) is 0 Å². The maximum atomic E-state index is 3.81. The maximum Gasteiger partial charge on any atom is 0.127 e. The predicted molar refractivity (Wildman–Crippen MR) is 25.6 cm³/mol. The van der Waals surface area contributed by atoms with E-state index >= 15 is 0 Å². The average Bonchev–Trinajstić information content (AvgIpc) is 1.31. The van der Waals surface area contributed by atoms with Crippen LogP contribution in [0.3, 0.4) is 0 Å². The Bertz CT molecular complexity index is 102. The molecule has 0 aromatic rings. The van der Waals surface area contributed by atoms with E-state index in [1.54, 1.807) is 6.21 Å². The minimum atomic E-state index is 0.968. The van der Waals surface area contributed by atoms with Crippen molar-refractivity contribution in [1.82, 2.24) is 5.32 Å². The second-order valence-corrected chi connectivity index (χ2v) is 1.08. The van der Waals surface area contributed by atoms with Crippen LogP contribution in [0.1, 0.15) is 0 Å². The van der Waals surface area contributed by atoms with Gasteiger partial charge in [0.25, 0.3) is 0 Å². The first-order valence-corrected chi connectivity index (χ1v) is 1.85. The highest BCUT2D eigenvalue weighted by molar-refractivity contribution is 5.79. The molecule has 0 saturated carbocycles. The van der Waals surface area contributed by atoms with Crippen LogP contribution in [0.15, 0.2) is 16.9 Å². The topological polar surface area (TPSA) is 24.4 Å². The van der Waals surface area contributed by atoms with Crippen molar-refractivity contribution < 1.29 is 0 Å². The van der Waals surface area contributed by atoms with Gasteiger partial charge in [-0.25, -0.2) is 4.99 Å². The number of allylic oxidation sites excluding steroid dienone is 1. The quantitative estimate of drug-likeness (QED) is 0.477. The second-order valence-electron chi connectivity index (χ2n) is 1.08. The fraction of sp³-hybridized carbons (Fsp3) is 0.250. The van der Waals surface area contributed by atoms with Crippen LogP contribution in [0.25, 0.3) is 0 Å². The van der Waals surface area contributed by atoms with E-state index in [1.165, 1.54) is 0 Å². The molecule has 2 heteroatoms. The number of nitrogens with one attached hydrogen (secondary N) is 1. The minimum absolute atomic E-state index is 0.968. The summed E-state index contributed by atoms with van der Waals surface area (Å²) in [6, 6.07) is 0. The van der Waals surface area contributed by atoms with Crippen LogP contribution in [-0.4, -0.2) is 13.3 Å². The van der Waals surface area contributed by atoms with Gasteiger partial charge < -0.3 is 5.32 Å². The van der Waals surface area contributed by atoms with E-state index in [-0.39, 0.29) is 0 Å². The molecule has 0 bridgehead atoms. The molecule has 6 heavy (non-hydrogen) atoms. The van der Waals surface area contributed by atoms with E-state index in [9.17, 15) is 0 Å². The number of nitrogens with zero attached hydrogens (tertiary/aromatic N) is 1. The Balaban J connectivity index is 2.37. The molecule has 0 aliphatic carbocycles. The lowest BCUT2D eigenvalue weighted by Crippen LogP contribution is -2.07. The minimum Gasteiger partial charge on any atom is -0.373 e. The summed E-state index contributed by atoms with van der Waals surface area (Å²) in [7, 11) is 1.85. The Morgan fingerprint density at radius 2 is 2.50 bits per heavy atom. The highest BCUT2D eigenvalue weighted by atomic mass is 15.0. The molecule has 0 aromatic carbocycles. The Kier molecular flexibility index (Phi) is 0.638. The molecule has 0 radical (unpaired) electrons. The summed E-state index contributed by atoms with van der Waals surface area (Å²) >= 11 is 0. The first-order valence-electron chi connectivity index (χ1n) is 1.85. The van der Waals surface area contributed by atoms with Gasteiger partial charge in [-0.15, -0.1) is 0 Å². The Morgan fingerprint density at radius 3 is 2.50 bits per heavy atom. The summed E-state index contributed by atoms with van der Waals surface area (Å²) < 4.78 is 0. The monoisotopic (exact) mass is 82.1 g/mol. The van der Waals surface area contributed by atoms with Gasteiger partial charge in [0, 0.05) is 13.3 Å². The van der Waals surface area contributed by atoms with Crippen LogP contribution < -0.4 is 5.32 Å². The van der Waals surface area contributed by atoms with Gasteiger partial charge in [0.2, 0.25) is 0 Å². The summed E-state index contributed by atoms with van der Waals surface area (Å²) in [5.41, 5.74) is 0. The van der Waals surface area contributed by atoms with Crippen LogP contribution in [-0.2, 0) is 0 Å². The number of hydrogen-bond acceptors (Lipinski definition) is 2. The van der Waals surface area contributed by atoms with Crippen LogP contribution in [0.5, 0.6) is 0 Å². The number of rotatable bonds is 1. The van der Waals surface area contributed by atoms with Gasteiger partial charge in [-0.05, 0) is 6.08 Å². The normalized spacial score (nSPS) is 15.8. The lowest BCUT2D eigenvalue weighted by Gasteiger charge is -2.01. The molecular formula is C4H6N2. The van der Waals surface area contributed by atoms with Crippen molar-refractivity contribution in [3.63, 3.8) is 0 Å². The highest BCUT2D eigenvalue weighted by Gasteiger charge is 1.89. The van der Waals surface area contributed by atoms with E-state index in [2.05, 4.69) is 10.3 Å². The highest BCUT2D eigenvalue weighted by Crippen LogP contribution is 1.94. The van der Waals surface area contributed by atoms with Gasteiger partial charge in [0.15, 0.2) is 0 Å². The van der Waals surface area contributed by atoms with E-state index in [0.717, 1.165) is 5.82 Å². The van der Waals surface area contributed by atoms with Crippen molar-refractivity contribution in [3.8, 4) is 0 Å². The Hall–Kier alpha value is -0.790. The van der Waals surface area contributed by atoms with Gasteiger partial charge in [-0.2, -0.15) is 0 Å². The molecule has 1 aliphatic heterocycles. The summed E-state index contributed by atoms with van der Waals surface area (Å²) in [4.78, 5) is 3.81. The zero-order valence-electron chi connectivity index (χ0n) is 3.60. The molecular weight excluding hydrogens is 76.1 g/mol. The van der Waals surface area contributed by atoms with Crippen LogP contribution in [0.2, 0.25) is 0 Å². The first-order chi connectivity index (χ1) is 2.93. The van der Waals surface area contributed by atoms with E-state index in [4.69, 9.17) is 0 Å². The summed E-state index contributed by atoms with van der Waals surface area (Å²) in [6.07, 6.45) is 3.67. The van der Waals surface area contributed by atoms with E-state index in [0.29, 0.717) is 0 Å². The molecule has 0 amide bonds. The largest absolute Gasteiger partial charge is 0.373 e. The molecule has 0 spiro atoms. The van der Waals surface area contributed by atoms with Crippen molar-refractivity contribution >= 4 is 6.21 Å². The molecule has 2 nitrogen and oxygen atoms in total. The number of aliphatic imine (C=N–C) groups is 1. The van der Waals surface area contributed by atoms with E-state index in [1.807, 2.05) is 13.1 Å². The first kappa shape index (κ1) is 3.40. The van der Waals surface area contributed by atoms with Gasteiger partial charge in [0.1, 0.15) is 5.82 Å². The van der Waals surface area contributed by atoms with Gasteiger partial charge in [0.05, 0.1) is 0 Å². The van der Waals surface area contributed by atoms with Crippen molar-refractivity contribution in [2.75, 3.05) is 7.05 Å². The summed E-state index contributed by atoms with van der Waals surface area (Å²) in [6.45, 7) is 0. The molecule has 32 valence electrons. The summed E-state index contributed by atoms with van der Waals surface area (Å²) in [5.74, 6) is 0.968. The van der Waals surface area contributed by atoms with Gasteiger partial charge >= 0.3 is 0 Å². The lowest BCUT2D eigenvalue weighted by molar-refractivity contribution is 0.956. The second kappa shape index (κ2) is 1.12. The van der Waals surface area contributed by atoms with Crippen LogP contribution >= 0.6 is 0 Å². The third-order valence-corrected chi connectivity index (χ3v) is 0.702. The SMILES string of the molecule is CNC1=CC=N1. The third kappa shape index (κ3) is 0.302. The molecule has 0 unspecified atom stereocenters. The molecule has 1 rings (SSSR count). The molecule has 0 aromatic heterocycles. The Morgan fingerprint density at radius 1 is 1.83 bits per heavy atom. The smallest absolute Gasteiger partial charge is 0.127 e. The van der Waals surface area contributed by atoms with E-state index < -0.39 is 0 Å². The van der Waals surface area contributed by atoms with Crippen molar-refractivity contribution in [1.29, 1.82) is 0 Å². The molecule has 0 fully saturated rings. The molecule has 0 atom stereocenters. The molecule has 1 N–H and O–H groups in total. The van der Waals surface area contributed by atoms with Crippen molar-refractivity contribution in [3.05, 3.63) is 11.9 Å². The van der Waals surface area contributed by atoms with Crippen molar-refractivity contribution in [2.45, 2.75) is 0 Å². The van der Waals surface area contributed by atoms with Gasteiger partial charge in [-0.1, -0.05) is 0 Å². The standard InChI is InChI=1S/C4H6N2/c1-5-4-2-3-6-4/h2-3H,1H3,(H,5,6). The predicted octanol–water partition coefficient (Wildman–Crippen LogP) is 0.132. The Labute approximate surface area is 36.6 Å². The van der Waals surface area contributed by atoms with Crippen LogP contribution in [0.4, 0.5) is 0 Å². The number of hydrogen-bond donors (Lipinski definition) is 1. The summed E-state index contributed by atoms with van der Waals surface area (Å²) in [5, 5.41) is 2.86. The molecule has 0 saturated heterocycles. The average molecular weight is 82.1 g/mol. The third-order valence-electron chi connectivity index (χ3n) is 0.702. The zero-order chi connectivity index (χ0) is 4.41. The van der Waals surface area contributed by atoms with Crippen LogP contribution in [0, 0.1) is 0 Å². The molecule has 1 aliphatic rings. The molecule has 1 heterocycles. The fourth-order valence-electron chi connectivity index (χ4n) is 0.297. The lowest BCUT2D eigenvalue weighted by atomic mass is 10.5.